The van der Waals surface area contributed by atoms with Gasteiger partial charge in [0.1, 0.15) is 0 Å². The first-order chi connectivity index (χ1) is 11.9. The summed E-state index contributed by atoms with van der Waals surface area (Å²) in [6.07, 6.45) is 10.3. The van der Waals surface area contributed by atoms with Crippen molar-refractivity contribution in [3.8, 4) is 0 Å². The molecule has 3 nitrogen and oxygen atoms in total. The molecule has 4 saturated carbocycles. The SMILES string of the molecule is C[C@H](NC(=O)Cc1ccc([S@@](C)=O)cc1)C12CC3CC(CC(C3)C1)C2. The van der Waals surface area contributed by atoms with Gasteiger partial charge in [-0.05, 0) is 86.3 Å². The van der Waals surface area contributed by atoms with Crippen molar-refractivity contribution in [1.82, 2.24) is 5.32 Å². The Balaban J connectivity index is 1.38. The van der Waals surface area contributed by atoms with E-state index in [4.69, 9.17) is 0 Å². The molecule has 5 rings (SSSR count). The fraction of sp³-hybridized carbons (Fsp3) is 0.667. The summed E-state index contributed by atoms with van der Waals surface area (Å²) in [6, 6.07) is 7.84. The van der Waals surface area contributed by atoms with Gasteiger partial charge in [-0.1, -0.05) is 12.1 Å². The Morgan fingerprint density at radius 3 is 2.12 bits per heavy atom. The zero-order valence-corrected chi connectivity index (χ0v) is 16.1. The van der Waals surface area contributed by atoms with Gasteiger partial charge in [0.25, 0.3) is 0 Å². The van der Waals surface area contributed by atoms with E-state index in [0.29, 0.717) is 11.8 Å². The molecule has 4 heteroatoms. The van der Waals surface area contributed by atoms with Crippen LogP contribution in [0.2, 0.25) is 0 Å². The fourth-order valence-corrected chi connectivity index (χ4v) is 6.66. The molecule has 1 N–H and O–H groups in total. The molecule has 1 aromatic carbocycles. The molecule has 0 aliphatic heterocycles. The minimum absolute atomic E-state index is 0.119. The molecule has 1 aromatic rings. The predicted octanol–water partition coefficient (Wildman–Crippen LogP) is 3.69. The molecule has 0 spiro atoms. The lowest BCUT2D eigenvalue weighted by Gasteiger charge is -2.59. The molecule has 2 atom stereocenters. The molecule has 4 fully saturated rings. The number of rotatable bonds is 5. The summed E-state index contributed by atoms with van der Waals surface area (Å²) >= 11 is 0. The lowest BCUT2D eigenvalue weighted by molar-refractivity contribution is -0.125. The number of hydrogen-bond donors (Lipinski definition) is 1. The third-order valence-corrected chi connectivity index (χ3v) is 7.94. The van der Waals surface area contributed by atoms with Crippen LogP contribution < -0.4 is 5.32 Å². The van der Waals surface area contributed by atoms with Gasteiger partial charge in [0.2, 0.25) is 5.91 Å². The van der Waals surface area contributed by atoms with Crippen LogP contribution in [-0.2, 0) is 22.0 Å². The maximum Gasteiger partial charge on any atom is 0.224 e. The summed E-state index contributed by atoms with van der Waals surface area (Å²) in [5.74, 6) is 2.85. The molecule has 0 heterocycles. The number of amides is 1. The van der Waals surface area contributed by atoms with Crippen molar-refractivity contribution < 1.29 is 9.00 Å². The van der Waals surface area contributed by atoms with Crippen molar-refractivity contribution in [2.75, 3.05) is 6.26 Å². The molecular formula is C21H29NO2S. The van der Waals surface area contributed by atoms with Crippen LogP contribution in [-0.4, -0.2) is 22.4 Å². The molecule has 0 unspecified atom stereocenters. The third kappa shape index (κ3) is 3.42. The van der Waals surface area contributed by atoms with Crippen molar-refractivity contribution in [3.05, 3.63) is 29.8 Å². The molecule has 136 valence electrons. The summed E-state index contributed by atoms with van der Waals surface area (Å²) in [7, 11) is -0.966. The van der Waals surface area contributed by atoms with Crippen LogP contribution in [0.3, 0.4) is 0 Å². The van der Waals surface area contributed by atoms with Crippen LogP contribution in [0.5, 0.6) is 0 Å². The smallest absolute Gasteiger partial charge is 0.224 e. The largest absolute Gasteiger partial charge is 0.353 e. The average molecular weight is 360 g/mol. The van der Waals surface area contributed by atoms with Crippen molar-refractivity contribution in [2.24, 2.45) is 23.2 Å². The molecule has 4 aliphatic rings. The Hall–Kier alpha value is -1.16. The number of nitrogens with one attached hydrogen (secondary N) is 1. The van der Waals surface area contributed by atoms with Crippen molar-refractivity contribution in [2.45, 2.75) is 62.8 Å². The molecule has 4 bridgehead atoms. The Kier molecular flexibility index (Phi) is 4.51. The molecule has 25 heavy (non-hydrogen) atoms. The van der Waals surface area contributed by atoms with Crippen LogP contribution in [0.4, 0.5) is 0 Å². The van der Waals surface area contributed by atoms with E-state index in [1.165, 1.54) is 38.5 Å². The molecular weight excluding hydrogens is 330 g/mol. The second-order valence-electron chi connectivity index (χ2n) is 8.84. The summed E-state index contributed by atoms with van der Waals surface area (Å²) in [6.45, 7) is 2.23. The lowest BCUT2D eigenvalue weighted by Crippen LogP contribution is -2.56. The van der Waals surface area contributed by atoms with Gasteiger partial charge >= 0.3 is 0 Å². The first-order valence-electron chi connectivity index (χ1n) is 9.65. The van der Waals surface area contributed by atoms with Gasteiger partial charge in [-0.15, -0.1) is 0 Å². The van der Waals surface area contributed by atoms with Crippen LogP contribution in [0, 0.1) is 23.2 Å². The Morgan fingerprint density at radius 2 is 1.64 bits per heavy atom. The highest BCUT2D eigenvalue weighted by Crippen LogP contribution is 2.61. The zero-order chi connectivity index (χ0) is 17.6. The first-order valence-corrected chi connectivity index (χ1v) is 11.2. The normalized spacial score (nSPS) is 35.4. The second-order valence-corrected chi connectivity index (χ2v) is 10.2. The van der Waals surface area contributed by atoms with E-state index in [9.17, 15) is 9.00 Å². The van der Waals surface area contributed by atoms with Gasteiger partial charge in [-0.2, -0.15) is 0 Å². The highest BCUT2D eigenvalue weighted by Gasteiger charge is 2.53. The summed E-state index contributed by atoms with van der Waals surface area (Å²) < 4.78 is 11.5. The molecule has 0 radical (unpaired) electrons. The van der Waals surface area contributed by atoms with Crippen LogP contribution in [0.15, 0.2) is 29.2 Å². The molecule has 0 aromatic heterocycles. The van der Waals surface area contributed by atoms with E-state index < -0.39 is 10.8 Å². The van der Waals surface area contributed by atoms with Gasteiger partial charge in [0.05, 0.1) is 6.42 Å². The topological polar surface area (TPSA) is 46.2 Å². The van der Waals surface area contributed by atoms with E-state index in [0.717, 1.165) is 28.2 Å². The lowest BCUT2D eigenvalue weighted by atomic mass is 9.48. The molecule has 4 aliphatic carbocycles. The fourth-order valence-electron chi connectivity index (χ4n) is 6.14. The minimum Gasteiger partial charge on any atom is -0.353 e. The second kappa shape index (κ2) is 6.53. The zero-order valence-electron chi connectivity index (χ0n) is 15.3. The van der Waals surface area contributed by atoms with E-state index in [-0.39, 0.29) is 11.9 Å². The monoisotopic (exact) mass is 359 g/mol. The third-order valence-electron chi connectivity index (χ3n) is 7.00. The van der Waals surface area contributed by atoms with Crippen LogP contribution in [0.1, 0.15) is 51.0 Å². The molecule has 1 amide bonds. The highest BCUT2D eigenvalue weighted by molar-refractivity contribution is 7.84. The van der Waals surface area contributed by atoms with Gasteiger partial charge in [0.15, 0.2) is 0 Å². The van der Waals surface area contributed by atoms with Crippen molar-refractivity contribution >= 4 is 16.7 Å². The number of hydrogen-bond acceptors (Lipinski definition) is 2. The quantitative estimate of drug-likeness (QED) is 0.871. The van der Waals surface area contributed by atoms with E-state index in [1.54, 1.807) is 6.26 Å². The first kappa shape index (κ1) is 17.3. The molecule has 0 saturated heterocycles. The van der Waals surface area contributed by atoms with Gasteiger partial charge in [0, 0.05) is 28.0 Å². The highest BCUT2D eigenvalue weighted by atomic mass is 32.2. The standard InChI is InChI=1S/C21H29NO2S/c1-14(21-11-16-7-17(12-21)9-18(8-16)13-21)22-20(23)10-15-3-5-19(6-4-15)25(2)24/h3-6,14,16-18H,7-13H2,1-2H3,(H,22,23)/t14-,16?,17?,18?,21?,25+/m0/s1. The summed E-state index contributed by atoms with van der Waals surface area (Å²) in [4.78, 5) is 13.4. The van der Waals surface area contributed by atoms with Crippen LogP contribution in [0.25, 0.3) is 0 Å². The van der Waals surface area contributed by atoms with Crippen molar-refractivity contribution in [1.29, 1.82) is 0 Å². The Morgan fingerprint density at radius 1 is 1.12 bits per heavy atom. The predicted molar refractivity (Wildman–Crippen MR) is 101 cm³/mol. The Labute approximate surface area is 153 Å². The van der Waals surface area contributed by atoms with E-state index >= 15 is 0 Å². The maximum atomic E-state index is 12.6. The minimum atomic E-state index is -0.966. The van der Waals surface area contributed by atoms with Crippen LogP contribution >= 0.6 is 0 Å². The van der Waals surface area contributed by atoms with Gasteiger partial charge < -0.3 is 5.32 Å². The average Bonchev–Trinajstić information content (AvgIpc) is 2.54. The van der Waals surface area contributed by atoms with Crippen molar-refractivity contribution in [3.63, 3.8) is 0 Å². The number of carbonyl (C=O) groups is 1. The summed E-state index contributed by atoms with van der Waals surface area (Å²) in [5.41, 5.74) is 1.34. The Bertz CT molecular complexity index is 646. The maximum absolute atomic E-state index is 12.6. The number of carbonyl (C=O) groups excluding carboxylic acids is 1. The van der Waals surface area contributed by atoms with Gasteiger partial charge in [-0.3, -0.25) is 9.00 Å². The van der Waals surface area contributed by atoms with Gasteiger partial charge in [-0.25, -0.2) is 0 Å². The van der Waals surface area contributed by atoms with E-state index in [2.05, 4.69) is 12.2 Å². The van der Waals surface area contributed by atoms with E-state index in [1.807, 2.05) is 24.3 Å². The summed E-state index contributed by atoms with van der Waals surface area (Å²) in [5, 5.41) is 3.32. The number of benzene rings is 1.